The Labute approximate surface area is 153 Å². The summed E-state index contributed by atoms with van der Waals surface area (Å²) >= 11 is 1.66. The first-order valence-corrected chi connectivity index (χ1v) is 9.43. The van der Waals surface area contributed by atoms with Gasteiger partial charge in [-0.3, -0.25) is 4.90 Å². The number of nitrogens with one attached hydrogen (secondary N) is 2. The molecule has 0 spiro atoms. The maximum Gasteiger partial charge on any atom is 0.141 e. The molecule has 0 aliphatic carbocycles. The molecule has 25 heavy (non-hydrogen) atoms. The number of carbonyl (C=O) groups excluding carboxylic acids is 1. The van der Waals surface area contributed by atoms with Crippen LogP contribution in [0.3, 0.4) is 0 Å². The first-order valence-electron chi connectivity index (χ1n) is 8.48. The summed E-state index contributed by atoms with van der Waals surface area (Å²) in [6, 6.07) is 7.55. The Bertz CT molecular complexity index is 666. The molecule has 1 saturated heterocycles. The Morgan fingerprint density at radius 1 is 1.28 bits per heavy atom. The summed E-state index contributed by atoms with van der Waals surface area (Å²) in [5, 5.41) is 14.1. The van der Waals surface area contributed by atoms with Gasteiger partial charge < -0.3 is 21.3 Å². The van der Waals surface area contributed by atoms with E-state index in [-0.39, 0.29) is 6.04 Å². The normalized spacial score (nSPS) is 15.6. The highest BCUT2D eigenvalue weighted by molar-refractivity contribution is 7.08. The van der Waals surface area contributed by atoms with E-state index in [2.05, 4.69) is 21.7 Å². The Morgan fingerprint density at radius 2 is 2.04 bits per heavy atom. The molecule has 2 heterocycles. The topological polar surface area (TPSA) is 82.2 Å². The molecule has 0 amide bonds. The van der Waals surface area contributed by atoms with Gasteiger partial charge >= 0.3 is 0 Å². The van der Waals surface area contributed by atoms with E-state index in [9.17, 15) is 4.79 Å². The molecule has 0 saturated carbocycles. The second-order valence-corrected chi connectivity index (χ2v) is 6.75. The third kappa shape index (κ3) is 5.41. The summed E-state index contributed by atoms with van der Waals surface area (Å²) in [7, 11) is 1.83. The summed E-state index contributed by atoms with van der Waals surface area (Å²) in [6.07, 6.45) is 6.10. The molecule has 5 nitrogen and oxygen atoms in total. The van der Waals surface area contributed by atoms with Gasteiger partial charge in [0.25, 0.3) is 0 Å². The Kier molecular flexibility index (Phi) is 7.63. The Hall–Kier alpha value is -2.18. The van der Waals surface area contributed by atoms with Gasteiger partial charge in [-0.05, 0) is 66.5 Å². The Balaban J connectivity index is 0.000000186. The van der Waals surface area contributed by atoms with Crippen LogP contribution >= 0.6 is 11.3 Å². The lowest BCUT2D eigenvalue weighted by atomic mass is 10.1. The summed E-state index contributed by atoms with van der Waals surface area (Å²) < 4.78 is 0. The van der Waals surface area contributed by atoms with Crippen molar-refractivity contribution in [2.45, 2.75) is 25.3 Å². The molecule has 1 aromatic carbocycles. The number of carbonyl (C=O) groups is 1. The van der Waals surface area contributed by atoms with Crippen molar-refractivity contribution in [2.75, 3.05) is 31.2 Å². The number of hydrogen-bond donors (Lipinski definition) is 3. The van der Waals surface area contributed by atoms with Crippen molar-refractivity contribution in [3.05, 3.63) is 46.2 Å². The molecule has 1 unspecified atom stereocenters. The molecule has 2 aromatic rings. The number of benzene rings is 1. The van der Waals surface area contributed by atoms with Gasteiger partial charge in [-0.15, -0.1) is 0 Å². The fourth-order valence-corrected chi connectivity index (χ4v) is 3.56. The van der Waals surface area contributed by atoms with Gasteiger partial charge in [0.2, 0.25) is 0 Å². The lowest BCUT2D eigenvalue weighted by Crippen LogP contribution is -2.34. The minimum atomic E-state index is 0.00144. The molecule has 4 N–H and O–H groups in total. The van der Waals surface area contributed by atoms with E-state index in [1.807, 2.05) is 24.6 Å². The van der Waals surface area contributed by atoms with Crippen molar-refractivity contribution in [1.29, 1.82) is 5.41 Å². The van der Waals surface area contributed by atoms with Crippen LogP contribution in [0.4, 0.5) is 11.4 Å². The number of hydrogen-bond acceptors (Lipinski definition) is 6. The van der Waals surface area contributed by atoms with Gasteiger partial charge in [0, 0.05) is 30.2 Å². The highest BCUT2D eigenvalue weighted by atomic mass is 32.1. The zero-order valence-corrected chi connectivity index (χ0v) is 15.4. The third-order valence-corrected chi connectivity index (χ3v) is 5.03. The number of nitrogens with zero attached hydrogens (tertiary/aromatic N) is 1. The first kappa shape index (κ1) is 19.1. The van der Waals surface area contributed by atoms with E-state index >= 15 is 0 Å². The standard InChI is InChI=1S/C11H15NOS.C8H11N3/c13-8-11(10-4-7-14-9-10)12-5-2-1-3-6-12;1-11-7-2-3-8(10)6(4-7)5-9/h4,7-9,11H,1-3,5-6H2;2-5,9,11H,10H2,1H3. The predicted octanol–water partition coefficient (Wildman–Crippen LogP) is 3.78. The van der Waals surface area contributed by atoms with Crippen LogP contribution in [0, 0.1) is 5.41 Å². The van der Waals surface area contributed by atoms with Crippen molar-refractivity contribution in [1.82, 2.24) is 4.90 Å². The maximum atomic E-state index is 11.1. The molecule has 3 rings (SSSR count). The van der Waals surface area contributed by atoms with Crippen LogP contribution in [0.25, 0.3) is 0 Å². The highest BCUT2D eigenvalue weighted by Gasteiger charge is 2.21. The number of nitrogens with two attached hydrogens (primary N) is 1. The second-order valence-electron chi connectivity index (χ2n) is 5.97. The van der Waals surface area contributed by atoms with Crippen LogP contribution < -0.4 is 11.1 Å². The van der Waals surface area contributed by atoms with Crippen LogP contribution in [0.1, 0.15) is 36.4 Å². The van der Waals surface area contributed by atoms with Crippen LogP contribution in [-0.2, 0) is 4.79 Å². The molecule has 1 fully saturated rings. The number of likely N-dealkylation sites (tertiary alicyclic amines) is 1. The zero-order chi connectivity index (χ0) is 18.1. The number of aldehydes is 1. The molecule has 0 bridgehead atoms. The minimum Gasteiger partial charge on any atom is -0.398 e. The lowest BCUT2D eigenvalue weighted by molar-refractivity contribution is -0.113. The number of thiophene rings is 1. The summed E-state index contributed by atoms with van der Waals surface area (Å²) in [5.41, 5.74) is 9.09. The summed E-state index contributed by atoms with van der Waals surface area (Å²) in [5.74, 6) is 0. The van der Waals surface area contributed by atoms with E-state index in [1.165, 1.54) is 25.5 Å². The van der Waals surface area contributed by atoms with Crippen molar-refractivity contribution in [2.24, 2.45) is 0 Å². The van der Waals surface area contributed by atoms with Gasteiger partial charge in [-0.1, -0.05) is 6.42 Å². The van der Waals surface area contributed by atoms with E-state index in [0.717, 1.165) is 36.2 Å². The van der Waals surface area contributed by atoms with Crippen molar-refractivity contribution in [3.8, 4) is 0 Å². The largest absolute Gasteiger partial charge is 0.398 e. The van der Waals surface area contributed by atoms with Crippen LogP contribution in [0.2, 0.25) is 0 Å². The molecular formula is C19H26N4OS. The maximum absolute atomic E-state index is 11.1. The molecule has 0 radical (unpaired) electrons. The fraction of sp³-hybridized carbons (Fsp3) is 0.368. The van der Waals surface area contributed by atoms with E-state index in [4.69, 9.17) is 11.1 Å². The average molecular weight is 359 g/mol. The van der Waals surface area contributed by atoms with Crippen molar-refractivity contribution in [3.63, 3.8) is 0 Å². The highest BCUT2D eigenvalue weighted by Crippen LogP contribution is 2.24. The number of nitrogen functional groups attached to an aromatic ring is 1. The van der Waals surface area contributed by atoms with Crippen LogP contribution in [-0.4, -0.2) is 37.5 Å². The quantitative estimate of drug-likeness (QED) is 0.431. The second kappa shape index (κ2) is 9.96. The van der Waals surface area contributed by atoms with Crippen molar-refractivity contribution >= 4 is 35.2 Å². The summed E-state index contributed by atoms with van der Waals surface area (Å²) in [4.78, 5) is 13.4. The molecule has 1 atom stereocenters. The minimum absolute atomic E-state index is 0.00144. The van der Waals surface area contributed by atoms with Crippen molar-refractivity contribution < 1.29 is 4.79 Å². The smallest absolute Gasteiger partial charge is 0.141 e. The summed E-state index contributed by atoms with van der Waals surface area (Å²) in [6.45, 7) is 2.14. The first-order chi connectivity index (χ1) is 12.2. The van der Waals surface area contributed by atoms with E-state index in [0.29, 0.717) is 5.69 Å². The molecule has 1 aliphatic heterocycles. The van der Waals surface area contributed by atoms with E-state index < -0.39 is 0 Å². The van der Waals surface area contributed by atoms with Gasteiger partial charge in [-0.25, -0.2) is 0 Å². The van der Waals surface area contributed by atoms with E-state index in [1.54, 1.807) is 17.4 Å². The predicted molar refractivity (Wildman–Crippen MR) is 107 cm³/mol. The molecule has 6 heteroatoms. The molecular weight excluding hydrogens is 332 g/mol. The zero-order valence-electron chi connectivity index (χ0n) is 14.6. The number of rotatable bonds is 5. The molecule has 1 aliphatic rings. The lowest BCUT2D eigenvalue weighted by Gasteiger charge is -2.30. The Morgan fingerprint density at radius 3 is 2.60 bits per heavy atom. The van der Waals surface area contributed by atoms with Crippen LogP contribution in [0.5, 0.6) is 0 Å². The van der Waals surface area contributed by atoms with Gasteiger partial charge in [0.15, 0.2) is 0 Å². The molecule has 134 valence electrons. The number of piperidine rings is 1. The van der Waals surface area contributed by atoms with Crippen LogP contribution in [0.15, 0.2) is 35.0 Å². The SMILES string of the molecule is CNc1ccc(N)c(C=N)c1.O=CC(c1ccsc1)N1CCCCC1. The molecule has 1 aromatic heterocycles. The fourth-order valence-electron chi connectivity index (χ4n) is 2.87. The average Bonchev–Trinajstić information content (AvgIpc) is 3.19. The van der Waals surface area contributed by atoms with Gasteiger partial charge in [0.05, 0.1) is 6.04 Å². The van der Waals surface area contributed by atoms with Gasteiger partial charge in [-0.2, -0.15) is 11.3 Å². The van der Waals surface area contributed by atoms with Gasteiger partial charge in [0.1, 0.15) is 6.29 Å². The number of anilines is 2. The monoisotopic (exact) mass is 358 g/mol. The third-order valence-electron chi connectivity index (χ3n) is 4.33.